The SMILES string of the molecule is CN(C)c1ccc(=O)n(C)c1CCCC=O. The number of nitrogens with zero attached hydrogens (tertiary/aromatic N) is 2. The summed E-state index contributed by atoms with van der Waals surface area (Å²) < 4.78 is 1.65. The average Bonchev–Trinajstić information content (AvgIpc) is 2.24. The van der Waals surface area contributed by atoms with Crippen LogP contribution in [0.5, 0.6) is 0 Å². The van der Waals surface area contributed by atoms with Crippen LogP contribution in [0.2, 0.25) is 0 Å². The maximum absolute atomic E-state index is 11.5. The highest BCUT2D eigenvalue weighted by molar-refractivity contribution is 5.51. The lowest BCUT2D eigenvalue weighted by Gasteiger charge is -2.19. The summed E-state index contributed by atoms with van der Waals surface area (Å²) in [5, 5.41) is 0. The Balaban J connectivity index is 3.05. The standard InChI is InChI=1S/C12H18N2O2/c1-13(2)10-7-8-12(16)14(3)11(10)6-4-5-9-15/h7-9H,4-6H2,1-3H3. The van der Waals surface area contributed by atoms with E-state index in [0.29, 0.717) is 6.42 Å². The Hall–Kier alpha value is -1.58. The maximum atomic E-state index is 11.5. The van der Waals surface area contributed by atoms with E-state index in [2.05, 4.69) is 0 Å². The van der Waals surface area contributed by atoms with E-state index in [0.717, 1.165) is 30.5 Å². The number of hydrogen-bond acceptors (Lipinski definition) is 3. The fourth-order valence-corrected chi connectivity index (χ4v) is 1.72. The number of carbonyl (C=O) groups excluding carboxylic acids is 1. The summed E-state index contributed by atoms with van der Waals surface area (Å²) in [6.07, 6.45) is 2.98. The van der Waals surface area contributed by atoms with Crippen LogP contribution < -0.4 is 10.5 Å². The van der Waals surface area contributed by atoms with Crippen LogP contribution in [0, 0.1) is 0 Å². The van der Waals surface area contributed by atoms with Crippen LogP contribution in [-0.2, 0) is 18.3 Å². The Morgan fingerprint density at radius 2 is 2.06 bits per heavy atom. The Kier molecular flexibility index (Phi) is 4.28. The molecule has 16 heavy (non-hydrogen) atoms. The fraction of sp³-hybridized carbons (Fsp3) is 0.500. The Morgan fingerprint density at radius 3 is 2.62 bits per heavy atom. The molecule has 0 radical (unpaired) electrons. The Labute approximate surface area is 95.5 Å². The number of unbranched alkanes of at least 4 members (excludes halogenated alkanes) is 1. The van der Waals surface area contributed by atoms with Gasteiger partial charge in [0.15, 0.2) is 0 Å². The van der Waals surface area contributed by atoms with Crippen LogP contribution in [0.1, 0.15) is 18.5 Å². The molecule has 0 amide bonds. The second kappa shape index (κ2) is 5.49. The number of pyridine rings is 1. The molecule has 0 aliphatic carbocycles. The van der Waals surface area contributed by atoms with Crippen molar-refractivity contribution in [2.24, 2.45) is 7.05 Å². The molecule has 1 heterocycles. The average molecular weight is 222 g/mol. The van der Waals surface area contributed by atoms with E-state index in [9.17, 15) is 9.59 Å². The van der Waals surface area contributed by atoms with Crippen molar-refractivity contribution in [3.63, 3.8) is 0 Å². The first-order valence-electron chi connectivity index (χ1n) is 5.37. The zero-order valence-electron chi connectivity index (χ0n) is 10.1. The monoisotopic (exact) mass is 222 g/mol. The first kappa shape index (κ1) is 12.5. The quantitative estimate of drug-likeness (QED) is 0.551. The third-order valence-electron chi connectivity index (χ3n) is 2.63. The van der Waals surface area contributed by atoms with E-state index < -0.39 is 0 Å². The van der Waals surface area contributed by atoms with Crippen molar-refractivity contribution in [3.05, 3.63) is 28.2 Å². The lowest BCUT2D eigenvalue weighted by Crippen LogP contribution is -2.23. The van der Waals surface area contributed by atoms with Crippen molar-refractivity contribution in [1.29, 1.82) is 0 Å². The molecule has 0 saturated heterocycles. The second-order valence-electron chi connectivity index (χ2n) is 4.02. The van der Waals surface area contributed by atoms with E-state index >= 15 is 0 Å². The zero-order valence-corrected chi connectivity index (χ0v) is 10.1. The summed E-state index contributed by atoms with van der Waals surface area (Å²) in [6, 6.07) is 3.40. The summed E-state index contributed by atoms with van der Waals surface area (Å²) in [4.78, 5) is 23.8. The summed E-state index contributed by atoms with van der Waals surface area (Å²) in [7, 11) is 5.66. The summed E-state index contributed by atoms with van der Waals surface area (Å²) in [5.74, 6) is 0. The molecule has 1 aromatic heterocycles. The zero-order chi connectivity index (χ0) is 12.1. The van der Waals surface area contributed by atoms with Crippen LogP contribution in [0.25, 0.3) is 0 Å². The number of aldehydes is 1. The number of aromatic nitrogens is 1. The number of anilines is 1. The second-order valence-corrected chi connectivity index (χ2v) is 4.02. The largest absolute Gasteiger partial charge is 0.376 e. The van der Waals surface area contributed by atoms with Crippen molar-refractivity contribution >= 4 is 12.0 Å². The number of carbonyl (C=O) groups is 1. The van der Waals surface area contributed by atoms with E-state index in [-0.39, 0.29) is 5.56 Å². The maximum Gasteiger partial charge on any atom is 0.250 e. The minimum Gasteiger partial charge on any atom is -0.376 e. The third-order valence-corrected chi connectivity index (χ3v) is 2.63. The van der Waals surface area contributed by atoms with Crippen LogP contribution in [0.15, 0.2) is 16.9 Å². The lowest BCUT2D eigenvalue weighted by molar-refractivity contribution is -0.107. The van der Waals surface area contributed by atoms with Gasteiger partial charge in [-0.15, -0.1) is 0 Å². The molecular formula is C12H18N2O2. The van der Waals surface area contributed by atoms with Crippen molar-refractivity contribution in [3.8, 4) is 0 Å². The van der Waals surface area contributed by atoms with Crippen molar-refractivity contribution in [1.82, 2.24) is 4.57 Å². The first-order valence-corrected chi connectivity index (χ1v) is 5.37. The van der Waals surface area contributed by atoms with Gasteiger partial charge in [0.1, 0.15) is 6.29 Å². The molecule has 4 heteroatoms. The van der Waals surface area contributed by atoms with Gasteiger partial charge in [-0.1, -0.05) is 0 Å². The van der Waals surface area contributed by atoms with Gasteiger partial charge in [0.2, 0.25) is 0 Å². The van der Waals surface area contributed by atoms with Crippen LogP contribution in [-0.4, -0.2) is 24.9 Å². The summed E-state index contributed by atoms with van der Waals surface area (Å²) >= 11 is 0. The molecule has 1 rings (SSSR count). The molecule has 4 nitrogen and oxygen atoms in total. The normalized spacial score (nSPS) is 10.2. The number of hydrogen-bond donors (Lipinski definition) is 0. The first-order chi connectivity index (χ1) is 7.57. The van der Waals surface area contributed by atoms with Gasteiger partial charge in [-0.05, 0) is 18.9 Å². The number of rotatable bonds is 5. The predicted octanol–water partition coefficient (Wildman–Crippen LogP) is 0.973. The van der Waals surface area contributed by atoms with Gasteiger partial charge in [-0.3, -0.25) is 4.79 Å². The highest BCUT2D eigenvalue weighted by Gasteiger charge is 2.08. The van der Waals surface area contributed by atoms with Crippen molar-refractivity contribution in [2.75, 3.05) is 19.0 Å². The summed E-state index contributed by atoms with van der Waals surface area (Å²) in [5.41, 5.74) is 2.01. The highest BCUT2D eigenvalue weighted by atomic mass is 16.1. The lowest BCUT2D eigenvalue weighted by atomic mass is 10.1. The van der Waals surface area contributed by atoms with E-state index in [1.165, 1.54) is 0 Å². The van der Waals surface area contributed by atoms with Gasteiger partial charge in [0.05, 0.1) is 5.69 Å². The predicted molar refractivity (Wildman–Crippen MR) is 65.0 cm³/mol. The highest BCUT2D eigenvalue weighted by Crippen LogP contribution is 2.17. The third kappa shape index (κ3) is 2.72. The molecule has 0 aliphatic rings. The van der Waals surface area contributed by atoms with Crippen LogP contribution >= 0.6 is 0 Å². The molecular weight excluding hydrogens is 204 g/mol. The van der Waals surface area contributed by atoms with Crippen molar-refractivity contribution in [2.45, 2.75) is 19.3 Å². The van der Waals surface area contributed by atoms with Crippen LogP contribution in [0.3, 0.4) is 0 Å². The molecule has 0 unspecified atom stereocenters. The smallest absolute Gasteiger partial charge is 0.250 e. The van der Waals surface area contributed by atoms with Gasteiger partial charge in [-0.2, -0.15) is 0 Å². The molecule has 0 bridgehead atoms. The minimum absolute atomic E-state index is 0.00768. The Morgan fingerprint density at radius 1 is 1.38 bits per heavy atom. The van der Waals surface area contributed by atoms with Gasteiger partial charge in [0, 0.05) is 39.3 Å². The molecule has 0 saturated carbocycles. The fourth-order valence-electron chi connectivity index (χ4n) is 1.72. The van der Waals surface area contributed by atoms with Gasteiger partial charge < -0.3 is 14.3 Å². The molecule has 0 aromatic carbocycles. The molecule has 0 atom stereocenters. The minimum atomic E-state index is -0.00768. The molecule has 88 valence electrons. The van der Waals surface area contributed by atoms with E-state index in [1.807, 2.05) is 25.1 Å². The van der Waals surface area contributed by atoms with Gasteiger partial charge >= 0.3 is 0 Å². The van der Waals surface area contributed by atoms with Gasteiger partial charge in [0.25, 0.3) is 5.56 Å². The molecule has 0 aliphatic heterocycles. The van der Waals surface area contributed by atoms with E-state index in [4.69, 9.17) is 0 Å². The topological polar surface area (TPSA) is 42.3 Å². The summed E-state index contributed by atoms with van der Waals surface area (Å²) in [6.45, 7) is 0. The van der Waals surface area contributed by atoms with Gasteiger partial charge in [-0.25, -0.2) is 0 Å². The molecule has 1 aromatic rings. The Bertz CT molecular complexity index is 422. The van der Waals surface area contributed by atoms with Crippen molar-refractivity contribution < 1.29 is 4.79 Å². The van der Waals surface area contributed by atoms with Crippen LogP contribution in [0.4, 0.5) is 5.69 Å². The molecule has 0 N–H and O–H groups in total. The molecule has 0 spiro atoms. The molecule has 0 fully saturated rings. The van der Waals surface area contributed by atoms with E-state index in [1.54, 1.807) is 17.7 Å².